The Labute approximate surface area is 195 Å². The summed E-state index contributed by atoms with van der Waals surface area (Å²) in [7, 11) is 1.27. The van der Waals surface area contributed by atoms with Crippen LogP contribution in [0.3, 0.4) is 0 Å². The molecule has 0 spiro atoms. The molecule has 2 amide bonds. The zero-order valence-corrected chi connectivity index (χ0v) is 18.4. The van der Waals surface area contributed by atoms with Gasteiger partial charge in [-0.15, -0.1) is 0 Å². The van der Waals surface area contributed by atoms with Crippen LogP contribution < -0.4 is 24.8 Å². The largest absolute Gasteiger partial charge is 0.493 e. The normalized spacial score (nSPS) is 10.5. The van der Waals surface area contributed by atoms with E-state index in [9.17, 15) is 18.4 Å². The monoisotopic (exact) mass is 470 g/mol. The van der Waals surface area contributed by atoms with Crippen molar-refractivity contribution in [1.82, 2.24) is 10.6 Å². The predicted molar refractivity (Wildman–Crippen MR) is 122 cm³/mol. The lowest BCUT2D eigenvalue weighted by Crippen LogP contribution is -2.38. The molecular weight excluding hydrogens is 446 g/mol. The van der Waals surface area contributed by atoms with Gasteiger partial charge in [-0.05, 0) is 29.8 Å². The maximum Gasteiger partial charge on any atom is 0.387 e. The van der Waals surface area contributed by atoms with Crippen LogP contribution in [0.4, 0.5) is 8.78 Å². The van der Waals surface area contributed by atoms with Crippen molar-refractivity contribution in [2.24, 2.45) is 0 Å². The number of rotatable bonds is 11. The molecule has 7 nitrogen and oxygen atoms in total. The molecule has 34 heavy (non-hydrogen) atoms. The highest BCUT2D eigenvalue weighted by molar-refractivity contribution is 5.97. The van der Waals surface area contributed by atoms with Gasteiger partial charge in [0, 0.05) is 11.1 Å². The number of benzene rings is 3. The zero-order chi connectivity index (χ0) is 24.3. The maximum absolute atomic E-state index is 12.4. The smallest absolute Gasteiger partial charge is 0.387 e. The number of carbonyl (C=O) groups is 2. The Morgan fingerprint density at radius 1 is 0.882 bits per heavy atom. The number of hydrogen-bond acceptors (Lipinski definition) is 5. The maximum atomic E-state index is 12.4. The van der Waals surface area contributed by atoms with E-state index in [0.717, 1.165) is 11.1 Å². The molecule has 3 aromatic carbocycles. The van der Waals surface area contributed by atoms with Crippen molar-refractivity contribution in [1.29, 1.82) is 0 Å². The molecule has 3 aromatic rings. The van der Waals surface area contributed by atoms with Crippen LogP contribution >= 0.6 is 0 Å². The molecule has 0 aliphatic heterocycles. The highest BCUT2D eigenvalue weighted by atomic mass is 19.3. The van der Waals surface area contributed by atoms with Crippen molar-refractivity contribution in [2.45, 2.75) is 6.61 Å². The van der Waals surface area contributed by atoms with Gasteiger partial charge in [-0.3, -0.25) is 9.59 Å². The molecule has 0 radical (unpaired) electrons. The number of methoxy groups -OCH3 is 1. The van der Waals surface area contributed by atoms with Crippen LogP contribution in [0.25, 0.3) is 11.1 Å². The number of carbonyl (C=O) groups excluding carboxylic acids is 2. The SMILES string of the molecule is COc1cc(C(=O)NCC(=O)NCCOc2ccccc2-c2ccccc2)ccc1OC(F)F. The summed E-state index contributed by atoms with van der Waals surface area (Å²) < 4.78 is 39.9. The lowest BCUT2D eigenvalue weighted by molar-refractivity contribution is -0.120. The summed E-state index contributed by atoms with van der Waals surface area (Å²) >= 11 is 0. The number of amides is 2. The molecule has 0 unspecified atom stereocenters. The summed E-state index contributed by atoms with van der Waals surface area (Å²) in [4.78, 5) is 24.3. The average Bonchev–Trinajstić information content (AvgIpc) is 2.86. The average molecular weight is 470 g/mol. The summed E-state index contributed by atoms with van der Waals surface area (Å²) in [6.07, 6.45) is 0. The van der Waals surface area contributed by atoms with Gasteiger partial charge in [0.2, 0.25) is 5.91 Å². The zero-order valence-electron chi connectivity index (χ0n) is 18.4. The topological polar surface area (TPSA) is 85.9 Å². The van der Waals surface area contributed by atoms with Gasteiger partial charge in [0.1, 0.15) is 12.4 Å². The first-order valence-corrected chi connectivity index (χ1v) is 10.4. The summed E-state index contributed by atoms with van der Waals surface area (Å²) in [5.41, 5.74) is 2.10. The van der Waals surface area contributed by atoms with Crippen LogP contribution in [-0.4, -0.2) is 45.2 Å². The van der Waals surface area contributed by atoms with Gasteiger partial charge in [-0.25, -0.2) is 0 Å². The second-order valence-electron chi connectivity index (χ2n) is 6.99. The quantitative estimate of drug-likeness (QED) is 0.416. The third-order valence-corrected chi connectivity index (χ3v) is 4.71. The minimum atomic E-state index is -3.02. The Morgan fingerprint density at radius 2 is 1.62 bits per heavy atom. The lowest BCUT2D eigenvalue weighted by atomic mass is 10.1. The summed E-state index contributed by atoms with van der Waals surface area (Å²) in [6, 6.07) is 21.2. The first kappa shape index (κ1) is 24.5. The van der Waals surface area contributed by atoms with Gasteiger partial charge in [-0.1, -0.05) is 48.5 Å². The van der Waals surface area contributed by atoms with E-state index >= 15 is 0 Å². The first-order valence-electron chi connectivity index (χ1n) is 10.4. The Kier molecular flexibility index (Phi) is 8.79. The Morgan fingerprint density at radius 3 is 2.35 bits per heavy atom. The number of halogens is 2. The predicted octanol–water partition coefficient (Wildman–Crippen LogP) is 3.89. The fourth-order valence-corrected chi connectivity index (χ4v) is 3.13. The van der Waals surface area contributed by atoms with Gasteiger partial charge in [-0.2, -0.15) is 8.78 Å². The standard InChI is InChI=1S/C25H24F2N2O5/c1-32-22-15-18(11-12-21(22)34-25(26)27)24(31)29-16-23(30)28-13-14-33-20-10-6-5-9-19(20)17-7-3-2-4-8-17/h2-12,15,25H,13-14,16H2,1H3,(H,28,30)(H,29,31). The van der Waals surface area contributed by atoms with Crippen LogP contribution in [0, 0.1) is 0 Å². The van der Waals surface area contributed by atoms with Crippen molar-refractivity contribution in [2.75, 3.05) is 26.8 Å². The molecule has 0 aliphatic rings. The highest BCUT2D eigenvalue weighted by Crippen LogP contribution is 2.30. The number of nitrogens with one attached hydrogen (secondary N) is 2. The highest BCUT2D eigenvalue weighted by Gasteiger charge is 2.15. The van der Waals surface area contributed by atoms with Crippen molar-refractivity contribution in [3.8, 4) is 28.4 Å². The summed E-state index contributed by atoms with van der Waals surface area (Å²) in [5, 5.41) is 5.13. The molecule has 0 fully saturated rings. The van der Waals surface area contributed by atoms with E-state index in [1.54, 1.807) is 0 Å². The molecule has 0 atom stereocenters. The van der Waals surface area contributed by atoms with Gasteiger partial charge >= 0.3 is 6.61 Å². The molecule has 0 saturated carbocycles. The summed E-state index contributed by atoms with van der Waals surface area (Å²) in [6.45, 7) is -2.80. The molecule has 0 bridgehead atoms. The number of ether oxygens (including phenoxy) is 3. The van der Waals surface area contributed by atoms with E-state index in [0.29, 0.717) is 5.75 Å². The van der Waals surface area contributed by atoms with E-state index in [1.165, 1.54) is 25.3 Å². The second-order valence-corrected chi connectivity index (χ2v) is 6.99. The second kappa shape index (κ2) is 12.2. The molecular formula is C25H24F2N2O5. The Bertz CT molecular complexity index is 1110. The molecule has 0 saturated heterocycles. The minimum absolute atomic E-state index is 0.0228. The van der Waals surface area contributed by atoms with Crippen LogP contribution in [0.15, 0.2) is 72.8 Å². The van der Waals surface area contributed by atoms with Gasteiger partial charge < -0.3 is 24.8 Å². The van der Waals surface area contributed by atoms with E-state index in [-0.39, 0.29) is 36.8 Å². The molecule has 0 aliphatic carbocycles. The summed E-state index contributed by atoms with van der Waals surface area (Å²) in [5.74, 6) is -0.488. The van der Waals surface area contributed by atoms with Crippen molar-refractivity contribution in [3.63, 3.8) is 0 Å². The van der Waals surface area contributed by atoms with Gasteiger partial charge in [0.05, 0.1) is 20.2 Å². The van der Waals surface area contributed by atoms with Crippen LogP contribution in [0.5, 0.6) is 17.2 Å². The van der Waals surface area contributed by atoms with Crippen molar-refractivity contribution in [3.05, 3.63) is 78.4 Å². The fourth-order valence-electron chi connectivity index (χ4n) is 3.13. The van der Waals surface area contributed by atoms with Crippen LogP contribution in [0.2, 0.25) is 0 Å². The van der Waals surface area contributed by atoms with E-state index in [2.05, 4.69) is 15.4 Å². The minimum Gasteiger partial charge on any atom is -0.493 e. The van der Waals surface area contributed by atoms with E-state index in [4.69, 9.17) is 9.47 Å². The Balaban J connectivity index is 1.45. The fraction of sp³-hybridized carbons (Fsp3) is 0.200. The van der Waals surface area contributed by atoms with Crippen LogP contribution in [-0.2, 0) is 4.79 Å². The van der Waals surface area contributed by atoms with Gasteiger partial charge in [0.15, 0.2) is 11.5 Å². The number of hydrogen-bond donors (Lipinski definition) is 2. The Hall–Kier alpha value is -4.14. The molecule has 3 rings (SSSR count). The van der Waals surface area contributed by atoms with E-state index in [1.807, 2.05) is 54.6 Å². The number of alkyl halides is 2. The third kappa shape index (κ3) is 6.93. The molecule has 2 N–H and O–H groups in total. The molecule has 0 heterocycles. The van der Waals surface area contributed by atoms with E-state index < -0.39 is 18.4 Å². The van der Waals surface area contributed by atoms with Crippen molar-refractivity contribution >= 4 is 11.8 Å². The molecule has 9 heteroatoms. The molecule has 0 aromatic heterocycles. The van der Waals surface area contributed by atoms with Crippen molar-refractivity contribution < 1.29 is 32.6 Å². The number of para-hydroxylation sites is 1. The first-order chi connectivity index (χ1) is 16.5. The van der Waals surface area contributed by atoms with Crippen LogP contribution in [0.1, 0.15) is 10.4 Å². The molecule has 178 valence electrons. The van der Waals surface area contributed by atoms with Gasteiger partial charge in [0.25, 0.3) is 5.91 Å². The third-order valence-electron chi connectivity index (χ3n) is 4.71. The lowest BCUT2D eigenvalue weighted by Gasteiger charge is -2.13.